The average Bonchev–Trinajstić information content (AvgIpc) is 2.19. The predicted molar refractivity (Wildman–Crippen MR) is 55.3 cm³/mol. The highest BCUT2D eigenvalue weighted by molar-refractivity contribution is 6.03. The van der Waals surface area contributed by atoms with Crippen molar-refractivity contribution in [1.82, 2.24) is 0 Å². The first kappa shape index (κ1) is 9.46. The molecule has 66 valence electrons. The molecule has 1 nitrogen and oxygen atoms in total. The van der Waals surface area contributed by atoms with E-state index in [4.69, 9.17) is 0 Å². The van der Waals surface area contributed by atoms with Crippen molar-refractivity contribution in [2.45, 2.75) is 6.92 Å². The number of allylic oxidation sites excluding steroid dienone is 3. The van der Waals surface area contributed by atoms with E-state index in [1.54, 1.807) is 6.08 Å². The Morgan fingerprint density at radius 2 is 1.92 bits per heavy atom. The van der Waals surface area contributed by atoms with Gasteiger partial charge in [0.05, 0.1) is 0 Å². The lowest BCUT2D eigenvalue weighted by atomic mass is 10.1. The quantitative estimate of drug-likeness (QED) is 0.641. The minimum absolute atomic E-state index is 0.0543. The Kier molecular flexibility index (Phi) is 3.21. The number of hydrogen-bond donors (Lipinski definition) is 0. The second-order valence-electron chi connectivity index (χ2n) is 2.80. The Bertz CT molecular complexity index is 333. The molecule has 0 aliphatic heterocycles. The summed E-state index contributed by atoms with van der Waals surface area (Å²) >= 11 is 0. The Morgan fingerprint density at radius 1 is 1.31 bits per heavy atom. The molecule has 0 bridgehead atoms. The normalized spacial score (nSPS) is 11.0. The molecule has 0 saturated heterocycles. The van der Waals surface area contributed by atoms with Crippen LogP contribution in [0.2, 0.25) is 0 Å². The largest absolute Gasteiger partial charge is 0.290 e. The zero-order valence-electron chi connectivity index (χ0n) is 7.66. The molecule has 0 atom stereocenters. The van der Waals surface area contributed by atoms with E-state index in [-0.39, 0.29) is 5.78 Å². The highest BCUT2D eigenvalue weighted by atomic mass is 16.1. The summed E-state index contributed by atoms with van der Waals surface area (Å²) in [7, 11) is 0. The third-order valence-electron chi connectivity index (χ3n) is 1.79. The Balaban J connectivity index is 2.91. The van der Waals surface area contributed by atoms with Gasteiger partial charge in [-0.25, -0.2) is 0 Å². The van der Waals surface area contributed by atoms with Crippen LogP contribution in [0.3, 0.4) is 0 Å². The molecule has 0 fully saturated rings. The van der Waals surface area contributed by atoms with Crippen molar-refractivity contribution in [2.75, 3.05) is 0 Å². The van der Waals surface area contributed by atoms with Gasteiger partial charge in [0.15, 0.2) is 5.78 Å². The summed E-state index contributed by atoms with van der Waals surface area (Å²) in [4.78, 5) is 11.0. The molecule has 0 unspecified atom stereocenters. The molecule has 1 heteroatoms. The van der Waals surface area contributed by atoms with Crippen molar-refractivity contribution in [3.05, 3.63) is 54.6 Å². The fourth-order valence-electron chi connectivity index (χ4n) is 1.06. The molecule has 13 heavy (non-hydrogen) atoms. The number of carbonyl (C=O) groups is 1. The summed E-state index contributed by atoms with van der Waals surface area (Å²) in [5, 5.41) is 0. The molecular weight excluding hydrogens is 160 g/mol. The first-order valence-corrected chi connectivity index (χ1v) is 4.14. The lowest BCUT2D eigenvalue weighted by Gasteiger charge is -1.98. The predicted octanol–water partition coefficient (Wildman–Crippen LogP) is 2.85. The van der Waals surface area contributed by atoms with Crippen LogP contribution in [0.5, 0.6) is 0 Å². The van der Waals surface area contributed by atoms with Gasteiger partial charge in [0.2, 0.25) is 0 Å². The molecule has 0 heterocycles. The molecule has 0 aromatic heterocycles. The van der Waals surface area contributed by atoms with Gasteiger partial charge in [-0.1, -0.05) is 36.9 Å². The topological polar surface area (TPSA) is 17.1 Å². The van der Waals surface area contributed by atoms with Gasteiger partial charge < -0.3 is 0 Å². The number of rotatable bonds is 3. The van der Waals surface area contributed by atoms with Crippen molar-refractivity contribution >= 4 is 11.4 Å². The van der Waals surface area contributed by atoms with Gasteiger partial charge in [-0.2, -0.15) is 0 Å². The second kappa shape index (κ2) is 4.41. The van der Waals surface area contributed by atoms with E-state index in [9.17, 15) is 4.79 Å². The van der Waals surface area contributed by atoms with Crippen molar-refractivity contribution in [3.8, 4) is 0 Å². The average molecular weight is 172 g/mol. The minimum atomic E-state index is -0.0543. The number of hydrogen-bond acceptors (Lipinski definition) is 1. The van der Waals surface area contributed by atoms with E-state index in [1.165, 1.54) is 6.08 Å². The highest BCUT2D eigenvalue weighted by Crippen LogP contribution is 2.12. The van der Waals surface area contributed by atoms with Crippen molar-refractivity contribution in [2.24, 2.45) is 0 Å². The molecule has 0 aliphatic carbocycles. The zero-order valence-corrected chi connectivity index (χ0v) is 7.66. The smallest absolute Gasteiger partial charge is 0.178 e. The SMILES string of the molecule is C=CC(=O)/C=C(\C)c1ccccc1. The first-order valence-electron chi connectivity index (χ1n) is 4.14. The molecule has 0 aliphatic rings. The van der Waals surface area contributed by atoms with Crippen LogP contribution in [-0.2, 0) is 4.79 Å². The molecule has 0 saturated carbocycles. The van der Waals surface area contributed by atoms with Crippen LogP contribution < -0.4 is 0 Å². The van der Waals surface area contributed by atoms with Crippen LogP contribution >= 0.6 is 0 Å². The maximum absolute atomic E-state index is 11.0. The monoisotopic (exact) mass is 172 g/mol. The Hall–Kier alpha value is -1.63. The van der Waals surface area contributed by atoms with Gasteiger partial charge >= 0.3 is 0 Å². The molecule has 1 aromatic carbocycles. The van der Waals surface area contributed by atoms with E-state index in [0.29, 0.717) is 0 Å². The Labute approximate surface area is 78.4 Å². The van der Waals surface area contributed by atoms with Gasteiger partial charge in [0, 0.05) is 0 Å². The summed E-state index contributed by atoms with van der Waals surface area (Å²) < 4.78 is 0. The van der Waals surface area contributed by atoms with Crippen LogP contribution in [0.15, 0.2) is 49.1 Å². The third-order valence-corrected chi connectivity index (χ3v) is 1.79. The van der Waals surface area contributed by atoms with Crippen molar-refractivity contribution < 1.29 is 4.79 Å². The van der Waals surface area contributed by atoms with E-state index >= 15 is 0 Å². The maximum Gasteiger partial charge on any atom is 0.178 e. The summed E-state index contributed by atoms with van der Waals surface area (Å²) in [5.41, 5.74) is 2.03. The van der Waals surface area contributed by atoms with Gasteiger partial charge in [-0.3, -0.25) is 4.79 Å². The third kappa shape index (κ3) is 2.71. The molecular formula is C12H12O. The number of ketones is 1. The zero-order chi connectivity index (χ0) is 9.68. The maximum atomic E-state index is 11.0. The second-order valence-corrected chi connectivity index (χ2v) is 2.80. The lowest BCUT2D eigenvalue weighted by Crippen LogP contribution is -1.87. The molecule has 0 radical (unpaired) electrons. The molecule has 1 rings (SSSR count). The summed E-state index contributed by atoms with van der Waals surface area (Å²) in [6.07, 6.45) is 2.90. The van der Waals surface area contributed by atoms with Gasteiger partial charge in [-0.05, 0) is 30.2 Å². The molecule has 1 aromatic rings. The van der Waals surface area contributed by atoms with Gasteiger partial charge in [0.1, 0.15) is 0 Å². The van der Waals surface area contributed by atoms with E-state index < -0.39 is 0 Å². The number of carbonyl (C=O) groups excluding carboxylic acids is 1. The highest BCUT2D eigenvalue weighted by Gasteiger charge is 1.95. The molecule has 0 spiro atoms. The van der Waals surface area contributed by atoms with Crippen molar-refractivity contribution in [3.63, 3.8) is 0 Å². The summed E-state index contributed by atoms with van der Waals surface area (Å²) in [6, 6.07) is 9.80. The van der Waals surface area contributed by atoms with E-state index in [0.717, 1.165) is 11.1 Å². The van der Waals surface area contributed by atoms with Crippen LogP contribution in [-0.4, -0.2) is 5.78 Å². The fraction of sp³-hybridized carbons (Fsp3) is 0.0833. The van der Waals surface area contributed by atoms with Crippen LogP contribution in [0.4, 0.5) is 0 Å². The van der Waals surface area contributed by atoms with Crippen LogP contribution in [0.25, 0.3) is 5.57 Å². The lowest BCUT2D eigenvalue weighted by molar-refractivity contribution is -0.110. The van der Waals surface area contributed by atoms with Crippen LogP contribution in [0.1, 0.15) is 12.5 Å². The minimum Gasteiger partial charge on any atom is -0.290 e. The standard InChI is InChI=1S/C12H12O/c1-3-12(13)9-10(2)11-7-5-4-6-8-11/h3-9H,1H2,2H3/b10-9+. The summed E-state index contributed by atoms with van der Waals surface area (Å²) in [6.45, 7) is 5.33. The van der Waals surface area contributed by atoms with Crippen LogP contribution in [0, 0.1) is 0 Å². The fourth-order valence-corrected chi connectivity index (χ4v) is 1.06. The van der Waals surface area contributed by atoms with Crippen molar-refractivity contribution in [1.29, 1.82) is 0 Å². The summed E-state index contributed by atoms with van der Waals surface area (Å²) in [5.74, 6) is -0.0543. The van der Waals surface area contributed by atoms with E-state index in [2.05, 4.69) is 6.58 Å². The molecule has 0 N–H and O–H groups in total. The Morgan fingerprint density at radius 3 is 2.46 bits per heavy atom. The first-order chi connectivity index (χ1) is 6.24. The van der Waals surface area contributed by atoms with Gasteiger partial charge in [-0.15, -0.1) is 0 Å². The van der Waals surface area contributed by atoms with E-state index in [1.807, 2.05) is 37.3 Å². The molecule has 0 amide bonds. The number of benzene rings is 1. The van der Waals surface area contributed by atoms with Gasteiger partial charge in [0.25, 0.3) is 0 Å².